The van der Waals surface area contributed by atoms with Crippen molar-refractivity contribution >= 4 is 12.6 Å². The SMILES string of the molecule is CC12OB3OC1(C)c1ccccc1-c1cc(-c4ccccc4)c(cn1)-c1ccccc1-c1cc3cc(c1)-c1ccccc1-c1cnc(cc1-c1ccccc1)-c1ccccc12. The first-order chi connectivity index (χ1) is 30.0. The second-order valence-corrected chi connectivity index (χ2v) is 16.6. The number of nitrogens with zero attached hydrogens (tertiary/aromatic N) is 2. The smallest absolute Gasteiger partial charge is 0.394 e. The molecular formula is C56H39BN2O2. The number of pyridine rings is 2. The molecule has 1 fully saturated rings. The van der Waals surface area contributed by atoms with Crippen LogP contribution < -0.4 is 5.46 Å². The van der Waals surface area contributed by atoms with Gasteiger partial charge in [0.15, 0.2) is 0 Å². The van der Waals surface area contributed by atoms with Crippen LogP contribution in [0.5, 0.6) is 0 Å². The molecular weight excluding hydrogens is 743 g/mol. The van der Waals surface area contributed by atoms with E-state index in [9.17, 15) is 0 Å². The van der Waals surface area contributed by atoms with Crippen molar-refractivity contribution in [3.8, 4) is 89.3 Å². The molecule has 288 valence electrons. The van der Waals surface area contributed by atoms with Gasteiger partial charge in [-0.25, -0.2) is 0 Å². The Morgan fingerprint density at radius 1 is 0.344 bits per heavy atom. The van der Waals surface area contributed by atoms with E-state index in [-0.39, 0.29) is 0 Å². The summed E-state index contributed by atoms with van der Waals surface area (Å²) in [5.74, 6) is 0. The molecule has 0 amide bonds. The second kappa shape index (κ2) is 13.7. The highest BCUT2D eigenvalue weighted by atomic mass is 16.7. The molecule has 1 saturated heterocycles. The lowest BCUT2D eigenvalue weighted by Gasteiger charge is -2.42. The summed E-state index contributed by atoms with van der Waals surface area (Å²) >= 11 is 0. The molecule has 4 nitrogen and oxygen atoms in total. The summed E-state index contributed by atoms with van der Waals surface area (Å²) in [4.78, 5) is 10.6. The summed E-state index contributed by atoms with van der Waals surface area (Å²) in [7, 11) is -0.720. The zero-order chi connectivity index (χ0) is 40.7. The van der Waals surface area contributed by atoms with Crippen LogP contribution in [0, 0.1) is 0 Å². The predicted molar refractivity (Wildman–Crippen MR) is 248 cm³/mol. The lowest BCUT2D eigenvalue weighted by atomic mass is 9.72. The lowest BCUT2D eigenvalue weighted by molar-refractivity contribution is -0.0313. The van der Waals surface area contributed by atoms with E-state index in [0.717, 1.165) is 106 Å². The molecule has 61 heavy (non-hydrogen) atoms. The van der Waals surface area contributed by atoms with Crippen molar-refractivity contribution in [2.45, 2.75) is 25.0 Å². The first-order valence-corrected chi connectivity index (χ1v) is 21.0. The van der Waals surface area contributed by atoms with Crippen LogP contribution in [0.4, 0.5) is 0 Å². The summed E-state index contributed by atoms with van der Waals surface area (Å²) in [5, 5.41) is 0. The van der Waals surface area contributed by atoms with Gasteiger partial charge in [-0.3, -0.25) is 9.97 Å². The van der Waals surface area contributed by atoms with Crippen molar-refractivity contribution in [3.05, 3.63) is 212 Å². The van der Waals surface area contributed by atoms with Gasteiger partial charge in [-0.1, -0.05) is 170 Å². The van der Waals surface area contributed by atoms with Gasteiger partial charge in [0.25, 0.3) is 0 Å². The summed E-state index contributed by atoms with van der Waals surface area (Å²) < 4.78 is 15.2. The molecule has 2 atom stereocenters. The molecule has 5 aliphatic rings. The molecule has 0 aliphatic carbocycles. The van der Waals surface area contributed by atoms with E-state index in [4.69, 9.17) is 19.3 Å². The van der Waals surface area contributed by atoms with E-state index < -0.39 is 18.3 Å². The standard InChI is InChI=1S/C56H39BN2O2/c1-55-51-27-15-13-25-45(51)53-32-47(36-17-5-3-6-18-36)49(34-58-53)43-23-11-9-21-41(43)38-29-39-31-40(30-38)57(60-55)61-56(55,2)52-28-16-14-26-46(52)54-33-48(37-19-7-4-8-20-37)50(35-59-54)44-24-12-10-22-42(39)44/h3-35H,1-2H3. The lowest BCUT2D eigenvalue weighted by Crippen LogP contribution is -2.43. The van der Waals surface area contributed by atoms with Gasteiger partial charge in [0.05, 0.1) is 11.4 Å². The Morgan fingerprint density at radius 2 is 0.721 bits per heavy atom. The van der Waals surface area contributed by atoms with E-state index in [1.165, 1.54) is 0 Å². The third-order valence-corrected chi connectivity index (χ3v) is 13.3. The first kappa shape index (κ1) is 35.7. The topological polar surface area (TPSA) is 44.2 Å². The Balaban J connectivity index is 1.26. The minimum atomic E-state index is -1.02. The predicted octanol–water partition coefficient (Wildman–Crippen LogP) is 13.0. The molecule has 2 aromatic heterocycles. The van der Waals surface area contributed by atoms with Gasteiger partial charge in [-0.15, -0.1) is 0 Å². The zero-order valence-electron chi connectivity index (χ0n) is 33.8. The van der Waals surface area contributed by atoms with Crippen molar-refractivity contribution in [1.82, 2.24) is 9.97 Å². The molecule has 9 aromatic rings. The molecule has 7 heterocycles. The van der Waals surface area contributed by atoms with Gasteiger partial charge < -0.3 is 9.31 Å². The summed E-state index contributed by atoms with van der Waals surface area (Å²) in [6, 6.07) is 67.2. The van der Waals surface area contributed by atoms with Gasteiger partial charge in [0, 0.05) is 34.6 Å². The van der Waals surface area contributed by atoms with Crippen LogP contribution >= 0.6 is 0 Å². The minimum absolute atomic E-state index is 0.720. The van der Waals surface area contributed by atoms with Crippen molar-refractivity contribution in [2.24, 2.45) is 0 Å². The molecule has 14 rings (SSSR count). The van der Waals surface area contributed by atoms with E-state index in [1.807, 2.05) is 0 Å². The third-order valence-electron chi connectivity index (χ3n) is 13.3. The monoisotopic (exact) mass is 782 g/mol. The van der Waals surface area contributed by atoms with Gasteiger partial charge in [0.2, 0.25) is 0 Å². The van der Waals surface area contributed by atoms with Gasteiger partial charge in [0.1, 0.15) is 11.2 Å². The van der Waals surface area contributed by atoms with Gasteiger partial charge in [-0.05, 0) is 104 Å². The zero-order valence-corrected chi connectivity index (χ0v) is 33.8. The largest absolute Gasteiger partial charge is 0.495 e. The molecule has 10 bridgehead atoms. The number of aromatic nitrogens is 2. The van der Waals surface area contributed by atoms with E-state index >= 15 is 0 Å². The average molecular weight is 783 g/mol. The maximum Gasteiger partial charge on any atom is 0.495 e. The fourth-order valence-electron chi connectivity index (χ4n) is 10.1. The first-order valence-electron chi connectivity index (χ1n) is 21.0. The molecule has 0 N–H and O–H groups in total. The second-order valence-electron chi connectivity index (χ2n) is 16.6. The van der Waals surface area contributed by atoms with Crippen LogP contribution in [0.2, 0.25) is 0 Å². The Bertz CT molecular complexity index is 2990. The minimum Gasteiger partial charge on any atom is -0.394 e. The Morgan fingerprint density at radius 3 is 1.16 bits per heavy atom. The van der Waals surface area contributed by atoms with Crippen molar-refractivity contribution < 1.29 is 9.31 Å². The third kappa shape index (κ3) is 5.48. The van der Waals surface area contributed by atoms with Crippen molar-refractivity contribution in [3.63, 3.8) is 0 Å². The van der Waals surface area contributed by atoms with E-state index in [0.29, 0.717) is 0 Å². The maximum absolute atomic E-state index is 7.59. The van der Waals surface area contributed by atoms with Crippen LogP contribution in [0.1, 0.15) is 25.0 Å². The number of hydrogen-bond acceptors (Lipinski definition) is 4. The Labute approximate surface area is 356 Å². The number of rotatable bonds is 2. The van der Waals surface area contributed by atoms with Gasteiger partial charge in [-0.2, -0.15) is 0 Å². The Hall–Kier alpha value is -7.18. The fourth-order valence-corrected chi connectivity index (χ4v) is 10.1. The van der Waals surface area contributed by atoms with Crippen LogP contribution in [0.15, 0.2) is 200 Å². The summed E-state index contributed by atoms with van der Waals surface area (Å²) in [6.07, 6.45) is 4.12. The summed E-state index contributed by atoms with van der Waals surface area (Å²) in [5.41, 5.74) is 17.7. The van der Waals surface area contributed by atoms with E-state index in [1.54, 1.807) is 0 Å². The van der Waals surface area contributed by atoms with Crippen molar-refractivity contribution in [1.29, 1.82) is 0 Å². The molecule has 7 aromatic carbocycles. The molecule has 5 heteroatoms. The van der Waals surface area contributed by atoms with Gasteiger partial charge >= 0.3 is 7.12 Å². The number of benzene rings is 7. The van der Waals surface area contributed by atoms with Crippen LogP contribution in [-0.4, -0.2) is 17.1 Å². The highest BCUT2D eigenvalue weighted by Gasteiger charge is 2.60. The molecule has 0 spiro atoms. The quantitative estimate of drug-likeness (QED) is 0.164. The average Bonchev–Trinajstić information content (AvgIpc) is 3.62. The highest BCUT2D eigenvalue weighted by molar-refractivity contribution is 6.62. The van der Waals surface area contributed by atoms with Crippen LogP contribution in [0.25, 0.3) is 89.3 Å². The normalized spacial score (nSPS) is 18.0. The maximum atomic E-state index is 7.59. The van der Waals surface area contributed by atoms with E-state index in [2.05, 4.69) is 214 Å². The summed E-state index contributed by atoms with van der Waals surface area (Å²) in [6.45, 7) is 4.39. The molecule has 2 unspecified atom stereocenters. The molecule has 0 radical (unpaired) electrons. The van der Waals surface area contributed by atoms with Crippen LogP contribution in [0.3, 0.4) is 0 Å². The molecule has 0 saturated carbocycles. The number of fused-ring (bicyclic) bond motifs is 4. The fraction of sp³-hybridized carbons (Fsp3) is 0.0714. The number of hydrogen-bond donors (Lipinski definition) is 0. The Kier molecular flexibility index (Phi) is 8.02. The van der Waals surface area contributed by atoms with Crippen LogP contribution in [-0.2, 0) is 20.5 Å². The van der Waals surface area contributed by atoms with Crippen molar-refractivity contribution in [2.75, 3.05) is 0 Å². The molecule has 5 aliphatic heterocycles. The highest BCUT2D eigenvalue weighted by Crippen LogP contribution is 2.56.